The van der Waals surface area contributed by atoms with Crippen LogP contribution in [0.2, 0.25) is 0 Å². The molecule has 0 aliphatic rings. The van der Waals surface area contributed by atoms with Crippen LogP contribution in [-0.2, 0) is 0 Å². The third kappa shape index (κ3) is 2.80. The van der Waals surface area contributed by atoms with Gasteiger partial charge in [-0.05, 0) is 25.5 Å². The molecule has 1 atom stereocenters. The number of aliphatic hydroxyl groups excluding tert-OH is 1. The van der Waals surface area contributed by atoms with Gasteiger partial charge in [-0.25, -0.2) is 4.98 Å². The zero-order valence-corrected chi connectivity index (χ0v) is 9.72. The molecule has 1 unspecified atom stereocenters. The number of fused-ring (bicyclic) bond motifs is 1. The Balaban J connectivity index is 2.19. The molecule has 3 nitrogen and oxygen atoms in total. The predicted molar refractivity (Wildman–Crippen MR) is 67.2 cm³/mol. The van der Waals surface area contributed by atoms with Crippen molar-refractivity contribution < 1.29 is 5.11 Å². The van der Waals surface area contributed by atoms with Gasteiger partial charge in [0.05, 0.1) is 29.0 Å². The van der Waals surface area contributed by atoms with E-state index in [0.29, 0.717) is 18.5 Å². The summed E-state index contributed by atoms with van der Waals surface area (Å²) in [6, 6.07) is 7.63. The summed E-state index contributed by atoms with van der Waals surface area (Å²) in [5.74, 6) is 5.73. The Morgan fingerprint density at radius 2 is 2.06 bits per heavy atom. The highest BCUT2D eigenvalue weighted by molar-refractivity contribution is 5.73. The number of aromatic nitrogens is 2. The Morgan fingerprint density at radius 1 is 1.29 bits per heavy atom. The minimum atomic E-state index is -0.590. The topological polar surface area (TPSA) is 46.0 Å². The van der Waals surface area contributed by atoms with Crippen LogP contribution < -0.4 is 0 Å². The van der Waals surface area contributed by atoms with Gasteiger partial charge >= 0.3 is 0 Å². The van der Waals surface area contributed by atoms with E-state index in [2.05, 4.69) is 21.8 Å². The van der Waals surface area contributed by atoms with Gasteiger partial charge in [-0.15, -0.1) is 11.8 Å². The van der Waals surface area contributed by atoms with Gasteiger partial charge in [0.1, 0.15) is 0 Å². The molecule has 3 heteroatoms. The van der Waals surface area contributed by atoms with Crippen molar-refractivity contribution in [2.24, 2.45) is 0 Å². The highest BCUT2D eigenvalue weighted by Crippen LogP contribution is 2.17. The Kier molecular flexibility index (Phi) is 3.69. The molecule has 0 fully saturated rings. The molecular weight excluding hydrogens is 212 g/mol. The average molecular weight is 226 g/mol. The van der Waals surface area contributed by atoms with Crippen LogP contribution in [-0.4, -0.2) is 15.1 Å². The maximum absolute atomic E-state index is 9.94. The van der Waals surface area contributed by atoms with Gasteiger partial charge in [0, 0.05) is 6.42 Å². The molecule has 1 aromatic heterocycles. The second-order valence-corrected chi connectivity index (χ2v) is 3.76. The lowest BCUT2D eigenvalue weighted by molar-refractivity contribution is 0.164. The lowest BCUT2D eigenvalue weighted by Gasteiger charge is -2.08. The van der Waals surface area contributed by atoms with Crippen LogP contribution >= 0.6 is 0 Å². The molecule has 86 valence electrons. The highest BCUT2D eigenvalue weighted by atomic mass is 16.3. The van der Waals surface area contributed by atoms with E-state index in [-0.39, 0.29) is 0 Å². The van der Waals surface area contributed by atoms with Crippen LogP contribution in [0.25, 0.3) is 11.0 Å². The lowest BCUT2D eigenvalue weighted by atomic mass is 10.1. The Bertz CT molecular complexity index is 569. The summed E-state index contributed by atoms with van der Waals surface area (Å²) in [7, 11) is 0. The molecule has 0 saturated carbocycles. The molecule has 0 aliphatic heterocycles. The average Bonchev–Trinajstić information content (AvgIpc) is 2.38. The first-order valence-corrected chi connectivity index (χ1v) is 5.60. The van der Waals surface area contributed by atoms with E-state index in [1.165, 1.54) is 0 Å². The largest absolute Gasteiger partial charge is 0.387 e. The van der Waals surface area contributed by atoms with Crippen molar-refractivity contribution in [3.8, 4) is 11.8 Å². The molecule has 17 heavy (non-hydrogen) atoms. The first-order valence-electron chi connectivity index (χ1n) is 5.60. The van der Waals surface area contributed by atoms with Crippen LogP contribution in [0.5, 0.6) is 0 Å². The second-order valence-electron chi connectivity index (χ2n) is 3.76. The predicted octanol–water partition coefficient (Wildman–Crippen LogP) is 2.47. The summed E-state index contributed by atoms with van der Waals surface area (Å²) in [5.41, 5.74) is 2.27. The van der Waals surface area contributed by atoms with Crippen molar-refractivity contribution in [1.29, 1.82) is 0 Å². The molecule has 0 bridgehead atoms. The maximum atomic E-state index is 9.94. The zero-order chi connectivity index (χ0) is 12.1. The molecule has 2 rings (SSSR count). The molecule has 0 spiro atoms. The van der Waals surface area contributed by atoms with E-state index in [9.17, 15) is 5.11 Å². The normalized spacial score (nSPS) is 11.9. The van der Waals surface area contributed by atoms with Gasteiger partial charge in [-0.3, -0.25) is 4.98 Å². The number of para-hydroxylation sites is 2. The number of aliphatic hydroxyl groups is 1. The summed E-state index contributed by atoms with van der Waals surface area (Å²) >= 11 is 0. The van der Waals surface area contributed by atoms with Crippen molar-refractivity contribution in [3.05, 3.63) is 36.2 Å². The fourth-order valence-corrected chi connectivity index (χ4v) is 1.61. The molecule has 1 N–H and O–H groups in total. The smallest absolute Gasteiger partial charge is 0.0984 e. The molecular formula is C14H14N2O. The molecule has 2 aromatic rings. The minimum Gasteiger partial charge on any atom is -0.387 e. The summed E-state index contributed by atoms with van der Waals surface area (Å²) in [5, 5.41) is 9.94. The quantitative estimate of drug-likeness (QED) is 0.818. The van der Waals surface area contributed by atoms with Gasteiger partial charge in [-0.1, -0.05) is 12.1 Å². The standard InChI is InChI=1S/C14H14N2O/c1-2-3-4-9-14(17)13-10-15-11-7-5-6-8-12(11)16-13/h5-8,10,14,17H,4,9H2,1H3. The Morgan fingerprint density at radius 3 is 2.82 bits per heavy atom. The van der Waals surface area contributed by atoms with Gasteiger partial charge in [0.25, 0.3) is 0 Å². The van der Waals surface area contributed by atoms with Crippen LogP contribution in [0.1, 0.15) is 31.6 Å². The second kappa shape index (κ2) is 5.42. The summed E-state index contributed by atoms with van der Waals surface area (Å²) in [6.45, 7) is 1.79. The molecule has 0 radical (unpaired) electrons. The Hall–Kier alpha value is -1.92. The van der Waals surface area contributed by atoms with E-state index in [1.54, 1.807) is 13.1 Å². The van der Waals surface area contributed by atoms with E-state index in [4.69, 9.17) is 0 Å². The first-order chi connectivity index (χ1) is 8.31. The van der Waals surface area contributed by atoms with Crippen molar-refractivity contribution in [2.45, 2.75) is 25.9 Å². The zero-order valence-electron chi connectivity index (χ0n) is 9.72. The molecule has 0 amide bonds. The van der Waals surface area contributed by atoms with Gasteiger partial charge < -0.3 is 5.11 Å². The van der Waals surface area contributed by atoms with Crippen molar-refractivity contribution in [1.82, 2.24) is 9.97 Å². The van der Waals surface area contributed by atoms with Crippen LogP contribution in [0.3, 0.4) is 0 Å². The lowest BCUT2D eigenvalue weighted by Crippen LogP contribution is -2.01. The van der Waals surface area contributed by atoms with Gasteiger partial charge in [0.2, 0.25) is 0 Å². The van der Waals surface area contributed by atoms with Crippen molar-refractivity contribution in [2.75, 3.05) is 0 Å². The van der Waals surface area contributed by atoms with Crippen molar-refractivity contribution >= 4 is 11.0 Å². The van der Waals surface area contributed by atoms with E-state index in [0.717, 1.165) is 11.0 Å². The maximum Gasteiger partial charge on any atom is 0.0984 e. The van der Waals surface area contributed by atoms with Crippen LogP contribution in [0.4, 0.5) is 0 Å². The van der Waals surface area contributed by atoms with E-state index >= 15 is 0 Å². The van der Waals surface area contributed by atoms with Crippen molar-refractivity contribution in [3.63, 3.8) is 0 Å². The third-order valence-corrected chi connectivity index (χ3v) is 2.53. The molecule has 1 aromatic carbocycles. The molecule has 1 heterocycles. The summed E-state index contributed by atoms with van der Waals surface area (Å²) in [6.07, 6.45) is 2.31. The number of benzene rings is 1. The molecule has 0 aliphatic carbocycles. The fourth-order valence-electron chi connectivity index (χ4n) is 1.61. The first kappa shape index (κ1) is 11.6. The van der Waals surface area contributed by atoms with E-state index < -0.39 is 6.10 Å². The van der Waals surface area contributed by atoms with E-state index in [1.807, 2.05) is 24.3 Å². The fraction of sp³-hybridized carbons (Fsp3) is 0.286. The number of nitrogens with zero attached hydrogens (tertiary/aromatic N) is 2. The van der Waals surface area contributed by atoms with Crippen LogP contribution in [0.15, 0.2) is 30.5 Å². The monoisotopic (exact) mass is 226 g/mol. The van der Waals surface area contributed by atoms with Gasteiger partial charge in [0.15, 0.2) is 0 Å². The Labute approximate surface area is 101 Å². The highest BCUT2D eigenvalue weighted by Gasteiger charge is 2.09. The molecule has 0 saturated heterocycles. The minimum absolute atomic E-state index is 0.590. The number of rotatable bonds is 3. The SMILES string of the molecule is CC#CCCC(O)c1cnc2ccccc2n1. The number of hydrogen-bond acceptors (Lipinski definition) is 3. The summed E-state index contributed by atoms with van der Waals surface area (Å²) in [4.78, 5) is 8.67. The van der Waals surface area contributed by atoms with Crippen LogP contribution in [0, 0.1) is 11.8 Å². The van der Waals surface area contributed by atoms with Gasteiger partial charge in [-0.2, -0.15) is 0 Å². The third-order valence-electron chi connectivity index (χ3n) is 2.53. The summed E-state index contributed by atoms with van der Waals surface area (Å²) < 4.78 is 0. The number of hydrogen-bond donors (Lipinski definition) is 1.